The van der Waals surface area contributed by atoms with E-state index in [0.29, 0.717) is 11.4 Å². The lowest BCUT2D eigenvalue weighted by Crippen LogP contribution is -2.29. The van der Waals surface area contributed by atoms with Crippen LogP contribution in [0.3, 0.4) is 0 Å². The molecule has 0 aliphatic carbocycles. The quantitative estimate of drug-likeness (QED) is 0.626. The summed E-state index contributed by atoms with van der Waals surface area (Å²) in [4.78, 5) is 24.4. The molecule has 9 heteroatoms. The van der Waals surface area contributed by atoms with E-state index in [1.54, 1.807) is 47.3 Å². The van der Waals surface area contributed by atoms with Gasteiger partial charge in [-0.25, -0.2) is 4.68 Å². The average molecular weight is 380 g/mol. The van der Waals surface area contributed by atoms with Crippen molar-refractivity contribution in [2.45, 2.75) is 18.9 Å². The van der Waals surface area contributed by atoms with Gasteiger partial charge in [-0.15, -0.1) is 5.10 Å². The highest BCUT2D eigenvalue weighted by Gasteiger charge is 2.19. The number of anilines is 2. The van der Waals surface area contributed by atoms with Crippen molar-refractivity contribution in [1.29, 1.82) is 0 Å². The number of carbonyl (C=O) groups is 2. The van der Waals surface area contributed by atoms with E-state index in [1.165, 1.54) is 6.26 Å². The first-order valence-electron chi connectivity index (χ1n) is 9.08. The second kappa shape index (κ2) is 8.05. The number of amides is 2. The number of benzene rings is 1. The molecule has 4 rings (SSSR count). The first-order valence-corrected chi connectivity index (χ1v) is 9.08. The zero-order valence-electron chi connectivity index (χ0n) is 15.1. The van der Waals surface area contributed by atoms with Crippen molar-refractivity contribution >= 4 is 23.2 Å². The van der Waals surface area contributed by atoms with E-state index in [9.17, 15) is 9.59 Å². The molecule has 1 aromatic carbocycles. The van der Waals surface area contributed by atoms with Crippen molar-refractivity contribution in [1.82, 2.24) is 20.3 Å². The van der Waals surface area contributed by atoms with Crippen LogP contribution in [0.2, 0.25) is 0 Å². The Morgan fingerprint density at radius 1 is 1.04 bits per heavy atom. The lowest BCUT2D eigenvalue weighted by atomic mass is 10.1. The topological polar surface area (TPSA) is 114 Å². The molecule has 1 aliphatic rings. The van der Waals surface area contributed by atoms with Gasteiger partial charge in [-0.05, 0) is 62.3 Å². The standard InChI is InChI=1S/C19H20N6O3/c26-18(16-12-25(24-23-16)15-7-9-20-10-8-15)21-13-3-5-14(6-4-13)22-19(27)17-2-1-11-28-17/h1-6,11-12,15,20H,7-10H2,(H,21,26)(H,22,27). The van der Waals surface area contributed by atoms with Crippen LogP contribution in [0.4, 0.5) is 11.4 Å². The smallest absolute Gasteiger partial charge is 0.291 e. The summed E-state index contributed by atoms with van der Waals surface area (Å²) in [7, 11) is 0. The lowest BCUT2D eigenvalue weighted by molar-refractivity contribution is 0.0994. The third kappa shape index (κ3) is 4.09. The Bertz CT molecular complexity index is 942. The second-order valence-corrected chi connectivity index (χ2v) is 6.53. The fourth-order valence-electron chi connectivity index (χ4n) is 3.06. The van der Waals surface area contributed by atoms with E-state index in [4.69, 9.17) is 4.42 Å². The fourth-order valence-corrected chi connectivity index (χ4v) is 3.06. The third-order valence-corrected chi connectivity index (χ3v) is 4.57. The van der Waals surface area contributed by atoms with Crippen molar-refractivity contribution < 1.29 is 14.0 Å². The number of aromatic nitrogens is 3. The SMILES string of the molecule is O=C(Nc1ccc(NC(=O)c2ccco2)cc1)c1cn(C2CCNCC2)nn1. The van der Waals surface area contributed by atoms with Crippen LogP contribution >= 0.6 is 0 Å². The minimum atomic E-state index is -0.337. The molecule has 3 heterocycles. The molecule has 2 aromatic heterocycles. The molecule has 28 heavy (non-hydrogen) atoms. The van der Waals surface area contributed by atoms with Gasteiger partial charge in [0.1, 0.15) is 0 Å². The Kier molecular flexibility index (Phi) is 5.16. The van der Waals surface area contributed by atoms with Gasteiger partial charge in [0.15, 0.2) is 11.5 Å². The van der Waals surface area contributed by atoms with Crippen LogP contribution in [-0.4, -0.2) is 39.9 Å². The van der Waals surface area contributed by atoms with E-state index < -0.39 is 0 Å². The molecule has 0 saturated carbocycles. The van der Waals surface area contributed by atoms with E-state index in [-0.39, 0.29) is 29.3 Å². The van der Waals surface area contributed by atoms with Crippen molar-refractivity contribution in [3.8, 4) is 0 Å². The Balaban J connectivity index is 1.35. The number of rotatable bonds is 5. The van der Waals surface area contributed by atoms with Crippen LogP contribution in [0, 0.1) is 0 Å². The fraction of sp³-hybridized carbons (Fsp3) is 0.263. The molecule has 3 N–H and O–H groups in total. The summed E-state index contributed by atoms with van der Waals surface area (Å²) in [6.07, 6.45) is 5.06. The normalized spacial score (nSPS) is 14.6. The second-order valence-electron chi connectivity index (χ2n) is 6.53. The van der Waals surface area contributed by atoms with Crippen LogP contribution in [0.25, 0.3) is 0 Å². The van der Waals surface area contributed by atoms with Crippen molar-refractivity contribution in [2.24, 2.45) is 0 Å². The Labute approximate surface area is 161 Å². The average Bonchev–Trinajstić information content (AvgIpc) is 3.42. The molecule has 1 aliphatic heterocycles. The molecule has 1 fully saturated rings. The zero-order chi connectivity index (χ0) is 19.3. The highest BCUT2D eigenvalue weighted by Crippen LogP contribution is 2.18. The predicted octanol–water partition coefficient (Wildman–Crippen LogP) is 2.30. The van der Waals surface area contributed by atoms with Crippen molar-refractivity contribution in [3.05, 3.63) is 60.3 Å². The molecule has 1 saturated heterocycles. The van der Waals surface area contributed by atoms with Crippen LogP contribution < -0.4 is 16.0 Å². The lowest BCUT2D eigenvalue weighted by Gasteiger charge is -2.22. The molecule has 2 amide bonds. The molecular formula is C19H20N6O3. The van der Waals surface area contributed by atoms with Gasteiger partial charge in [0.25, 0.3) is 11.8 Å². The van der Waals surface area contributed by atoms with Gasteiger partial charge >= 0.3 is 0 Å². The van der Waals surface area contributed by atoms with Gasteiger partial charge in [-0.3, -0.25) is 9.59 Å². The predicted molar refractivity (Wildman–Crippen MR) is 102 cm³/mol. The Morgan fingerprint density at radius 3 is 2.36 bits per heavy atom. The third-order valence-electron chi connectivity index (χ3n) is 4.57. The number of hydrogen-bond acceptors (Lipinski definition) is 6. The highest BCUT2D eigenvalue weighted by molar-refractivity contribution is 6.04. The van der Waals surface area contributed by atoms with Gasteiger partial charge in [-0.1, -0.05) is 5.21 Å². The van der Waals surface area contributed by atoms with Gasteiger partial charge in [-0.2, -0.15) is 0 Å². The van der Waals surface area contributed by atoms with Crippen LogP contribution in [0.1, 0.15) is 39.9 Å². The molecule has 0 bridgehead atoms. The Morgan fingerprint density at radius 2 is 1.71 bits per heavy atom. The minimum Gasteiger partial charge on any atom is -0.459 e. The number of nitrogens with zero attached hydrogens (tertiary/aromatic N) is 3. The zero-order valence-corrected chi connectivity index (χ0v) is 15.1. The molecule has 9 nitrogen and oxygen atoms in total. The monoisotopic (exact) mass is 380 g/mol. The number of nitrogens with one attached hydrogen (secondary N) is 3. The molecule has 144 valence electrons. The van der Waals surface area contributed by atoms with Crippen LogP contribution in [0.15, 0.2) is 53.3 Å². The van der Waals surface area contributed by atoms with Gasteiger partial charge in [0, 0.05) is 11.4 Å². The molecule has 0 atom stereocenters. The maximum Gasteiger partial charge on any atom is 0.291 e. The largest absolute Gasteiger partial charge is 0.459 e. The highest BCUT2D eigenvalue weighted by atomic mass is 16.3. The summed E-state index contributed by atoms with van der Waals surface area (Å²) < 4.78 is 6.82. The summed E-state index contributed by atoms with van der Waals surface area (Å²) >= 11 is 0. The molecule has 3 aromatic rings. The maximum absolute atomic E-state index is 12.4. The molecule has 0 radical (unpaired) electrons. The van der Waals surface area contributed by atoms with Crippen molar-refractivity contribution in [2.75, 3.05) is 23.7 Å². The van der Waals surface area contributed by atoms with Crippen LogP contribution in [-0.2, 0) is 0 Å². The minimum absolute atomic E-state index is 0.231. The van der Waals surface area contributed by atoms with Gasteiger partial charge < -0.3 is 20.4 Å². The van der Waals surface area contributed by atoms with E-state index in [1.807, 2.05) is 0 Å². The van der Waals surface area contributed by atoms with E-state index in [0.717, 1.165) is 25.9 Å². The first kappa shape index (κ1) is 17.9. The van der Waals surface area contributed by atoms with E-state index >= 15 is 0 Å². The number of carbonyl (C=O) groups excluding carboxylic acids is 2. The van der Waals surface area contributed by atoms with Gasteiger partial charge in [0.05, 0.1) is 18.5 Å². The number of piperidine rings is 1. The summed E-state index contributed by atoms with van der Waals surface area (Å²) in [5.41, 5.74) is 1.46. The Hall–Kier alpha value is -3.46. The summed E-state index contributed by atoms with van der Waals surface area (Å²) in [5, 5.41) is 16.9. The van der Waals surface area contributed by atoms with Gasteiger partial charge in [0.2, 0.25) is 0 Å². The summed E-state index contributed by atoms with van der Waals surface area (Å²) in [6.45, 7) is 1.88. The van der Waals surface area contributed by atoms with E-state index in [2.05, 4.69) is 26.3 Å². The molecule has 0 spiro atoms. The summed E-state index contributed by atoms with van der Waals surface area (Å²) in [5.74, 6) is -0.432. The number of furan rings is 1. The van der Waals surface area contributed by atoms with Crippen molar-refractivity contribution in [3.63, 3.8) is 0 Å². The molecule has 0 unspecified atom stereocenters. The molecular weight excluding hydrogens is 360 g/mol. The summed E-state index contributed by atoms with van der Waals surface area (Å²) in [6, 6.07) is 10.3. The first-order chi connectivity index (χ1) is 13.7. The van der Waals surface area contributed by atoms with Crippen LogP contribution in [0.5, 0.6) is 0 Å². The maximum atomic E-state index is 12.4. The number of hydrogen-bond donors (Lipinski definition) is 3.